The van der Waals surface area contributed by atoms with Gasteiger partial charge in [0.15, 0.2) is 0 Å². The molecule has 2 atom stereocenters. The lowest BCUT2D eigenvalue weighted by molar-refractivity contribution is 0.113. The molecule has 0 aliphatic carbocycles. The summed E-state index contributed by atoms with van der Waals surface area (Å²) in [5.41, 5.74) is 7.27. The van der Waals surface area contributed by atoms with Crippen LogP contribution in [0.4, 0.5) is 5.69 Å². The van der Waals surface area contributed by atoms with Gasteiger partial charge in [0.2, 0.25) is 0 Å². The predicted molar refractivity (Wildman–Crippen MR) is 76.3 cm³/mol. The van der Waals surface area contributed by atoms with Crippen molar-refractivity contribution in [2.75, 3.05) is 31.3 Å². The van der Waals surface area contributed by atoms with Crippen molar-refractivity contribution in [1.82, 2.24) is 4.90 Å². The largest absolute Gasteiger partial charge is 0.399 e. The first-order chi connectivity index (χ1) is 8.04. The quantitative estimate of drug-likeness (QED) is 0.762. The van der Waals surface area contributed by atoms with Gasteiger partial charge in [-0.05, 0) is 37.9 Å². The number of hydrogen-bond acceptors (Lipinski definition) is 4. The van der Waals surface area contributed by atoms with E-state index < -0.39 is 6.10 Å². The number of hydrogen-bond donors (Lipinski definition) is 2. The Labute approximate surface area is 108 Å². The van der Waals surface area contributed by atoms with Crippen molar-refractivity contribution in [2.24, 2.45) is 0 Å². The number of benzene rings is 1. The van der Waals surface area contributed by atoms with E-state index in [1.807, 2.05) is 43.1 Å². The first-order valence-electron chi connectivity index (χ1n) is 5.77. The Morgan fingerprint density at radius 2 is 1.94 bits per heavy atom. The van der Waals surface area contributed by atoms with Crippen molar-refractivity contribution in [1.29, 1.82) is 0 Å². The SMILES string of the molecule is CSCC(C)N(C)CC(O)c1ccc(N)cc1. The van der Waals surface area contributed by atoms with E-state index >= 15 is 0 Å². The van der Waals surface area contributed by atoms with Crippen LogP contribution < -0.4 is 5.73 Å². The predicted octanol–water partition coefficient (Wildman–Crippen LogP) is 1.99. The minimum absolute atomic E-state index is 0.454. The number of thioether (sulfide) groups is 1. The van der Waals surface area contributed by atoms with Crippen LogP contribution in [0.25, 0.3) is 0 Å². The molecule has 0 heterocycles. The van der Waals surface area contributed by atoms with Crippen LogP contribution in [0, 0.1) is 0 Å². The summed E-state index contributed by atoms with van der Waals surface area (Å²) >= 11 is 1.82. The van der Waals surface area contributed by atoms with Crippen molar-refractivity contribution >= 4 is 17.4 Å². The first-order valence-corrected chi connectivity index (χ1v) is 7.16. The number of likely N-dealkylation sites (N-methyl/N-ethyl adjacent to an activating group) is 1. The molecule has 0 aliphatic heterocycles. The summed E-state index contributed by atoms with van der Waals surface area (Å²) in [4.78, 5) is 2.18. The van der Waals surface area contributed by atoms with Crippen molar-refractivity contribution < 1.29 is 5.11 Å². The molecule has 1 aromatic rings. The van der Waals surface area contributed by atoms with Gasteiger partial charge in [0.1, 0.15) is 0 Å². The lowest BCUT2D eigenvalue weighted by atomic mass is 10.1. The molecular formula is C13H22N2OS. The second kappa shape index (κ2) is 6.89. The standard InChI is InChI=1S/C13H22N2OS/c1-10(9-17-3)15(2)8-13(16)11-4-6-12(14)7-5-11/h4-7,10,13,16H,8-9,14H2,1-3H3. The molecule has 0 aromatic heterocycles. The Morgan fingerprint density at radius 1 is 1.35 bits per heavy atom. The number of nitrogens with two attached hydrogens (primary N) is 1. The topological polar surface area (TPSA) is 49.5 Å². The molecule has 2 unspecified atom stereocenters. The molecule has 1 aromatic carbocycles. The lowest BCUT2D eigenvalue weighted by Crippen LogP contribution is -2.34. The summed E-state index contributed by atoms with van der Waals surface area (Å²) in [6.45, 7) is 2.82. The van der Waals surface area contributed by atoms with Gasteiger partial charge in [-0.15, -0.1) is 0 Å². The van der Waals surface area contributed by atoms with Crippen molar-refractivity contribution in [3.8, 4) is 0 Å². The van der Waals surface area contributed by atoms with Gasteiger partial charge < -0.3 is 10.8 Å². The third-order valence-corrected chi connectivity index (χ3v) is 3.76. The van der Waals surface area contributed by atoms with E-state index in [1.54, 1.807) is 0 Å². The minimum atomic E-state index is -0.454. The van der Waals surface area contributed by atoms with E-state index in [4.69, 9.17) is 5.73 Å². The van der Waals surface area contributed by atoms with Gasteiger partial charge >= 0.3 is 0 Å². The molecule has 0 aliphatic rings. The van der Waals surface area contributed by atoms with Gasteiger partial charge in [-0.3, -0.25) is 4.90 Å². The smallest absolute Gasteiger partial charge is 0.0916 e. The van der Waals surface area contributed by atoms with E-state index in [2.05, 4.69) is 18.1 Å². The third kappa shape index (κ3) is 4.58. The fraction of sp³-hybridized carbons (Fsp3) is 0.538. The zero-order valence-corrected chi connectivity index (χ0v) is 11.6. The molecule has 4 heteroatoms. The highest BCUT2D eigenvalue weighted by Gasteiger charge is 2.14. The van der Waals surface area contributed by atoms with Gasteiger partial charge in [0.25, 0.3) is 0 Å². The van der Waals surface area contributed by atoms with Crippen LogP contribution in [-0.2, 0) is 0 Å². The molecule has 17 heavy (non-hydrogen) atoms. The summed E-state index contributed by atoms with van der Waals surface area (Å²) in [5.74, 6) is 1.07. The summed E-state index contributed by atoms with van der Waals surface area (Å²) in [6, 6.07) is 7.88. The van der Waals surface area contributed by atoms with Gasteiger partial charge in [0.05, 0.1) is 6.10 Å². The fourth-order valence-electron chi connectivity index (χ4n) is 1.64. The van der Waals surface area contributed by atoms with E-state index in [1.165, 1.54) is 0 Å². The first kappa shape index (κ1) is 14.4. The third-order valence-electron chi connectivity index (χ3n) is 2.94. The van der Waals surface area contributed by atoms with Gasteiger partial charge in [0, 0.05) is 24.0 Å². The number of nitrogen functional groups attached to an aromatic ring is 1. The molecule has 0 radical (unpaired) electrons. The number of rotatable bonds is 6. The molecule has 0 fully saturated rings. The number of aliphatic hydroxyl groups is 1. The number of nitrogens with zero attached hydrogens (tertiary/aromatic N) is 1. The molecule has 96 valence electrons. The van der Waals surface area contributed by atoms with Crippen LogP contribution in [0.5, 0.6) is 0 Å². The summed E-state index contributed by atoms with van der Waals surface area (Å²) in [6.07, 6.45) is 1.64. The Hall–Kier alpha value is -0.710. The summed E-state index contributed by atoms with van der Waals surface area (Å²) in [5, 5.41) is 10.1. The highest BCUT2D eigenvalue weighted by atomic mass is 32.2. The van der Waals surface area contributed by atoms with Crippen molar-refractivity contribution in [3.05, 3.63) is 29.8 Å². The zero-order valence-electron chi connectivity index (χ0n) is 10.8. The van der Waals surface area contributed by atoms with Crippen LogP contribution in [0.2, 0.25) is 0 Å². The molecule has 0 saturated heterocycles. The Kier molecular flexibility index (Phi) is 5.82. The van der Waals surface area contributed by atoms with Gasteiger partial charge in [-0.25, -0.2) is 0 Å². The lowest BCUT2D eigenvalue weighted by Gasteiger charge is -2.26. The molecular weight excluding hydrogens is 232 g/mol. The molecule has 0 bridgehead atoms. The zero-order chi connectivity index (χ0) is 12.8. The number of anilines is 1. The number of aliphatic hydroxyl groups excluding tert-OH is 1. The summed E-state index contributed by atoms with van der Waals surface area (Å²) < 4.78 is 0. The average molecular weight is 254 g/mol. The van der Waals surface area contributed by atoms with Crippen LogP contribution in [0.15, 0.2) is 24.3 Å². The maximum atomic E-state index is 10.1. The van der Waals surface area contributed by atoms with Gasteiger partial charge in [-0.2, -0.15) is 11.8 Å². The van der Waals surface area contributed by atoms with Crippen molar-refractivity contribution in [2.45, 2.75) is 19.1 Å². The highest BCUT2D eigenvalue weighted by Crippen LogP contribution is 2.17. The van der Waals surface area contributed by atoms with E-state index in [0.717, 1.165) is 17.0 Å². The van der Waals surface area contributed by atoms with E-state index in [-0.39, 0.29) is 0 Å². The molecule has 0 spiro atoms. The van der Waals surface area contributed by atoms with Crippen LogP contribution >= 0.6 is 11.8 Å². The van der Waals surface area contributed by atoms with E-state index in [0.29, 0.717) is 12.6 Å². The maximum absolute atomic E-state index is 10.1. The fourth-order valence-corrected chi connectivity index (χ4v) is 2.38. The monoisotopic (exact) mass is 254 g/mol. The van der Waals surface area contributed by atoms with Crippen LogP contribution in [-0.4, -0.2) is 41.6 Å². The van der Waals surface area contributed by atoms with Crippen LogP contribution in [0.3, 0.4) is 0 Å². The summed E-state index contributed by atoms with van der Waals surface area (Å²) in [7, 11) is 2.04. The van der Waals surface area contributed by atoms with Gasteiger partial charge in [-0.1, -0.05) is 12.1 Å². The normalized spacial score (nSPS) is 14.9. The van der Waals surface area contributed by atoms with Crippen molar-refractivity contribution in [3.63, 3.8) is 0 Å². The molecule has 0 saturated carbocycles. The average Bonchev–Trinajstić information content (AvgIpc) is 2.30. The molecule has 0 amide bonds. The maximum Gasteiger partial charge on any atom is 0.0916 e. The minimum Gasteiger partial charge on any atom is -0.399 e. The Morgan fingerprint density at radius 3 is 2.47 bits per heavy atom. The highest BCUT2D eigenvalue weighted by molar-refractivity contribution is 7.98. The molecule has 3 N–H and O–H groups in total. The molecule has 3 nitrogen and oxygen atoms in total. The Balaban J connectivity index is 2.53. The Bertz CT molecular complexity index is 329. The van der Waals surface area contributed by atoms with E-state index in [9.17, 15) is 5.11 Å². The second-order valence-electron chi connectivity index (χ2n) is 4.43. The molecule has 1 rings (SSSR count). The second-order valence-corrected chi connectivity index (χ2v) is 5.34. The van der Waals surface area contributed by atoms with Crippen LogP contribution in [0.1, 0.15) is 18.6 Å².